The molecule has 0 fully saturated rings. The van der Waals surface area contributed by atoms with Crippen molar-refractivity contribution in [3.63, 3.8) is 0 Å². The number of carboxylic acid groups (broad SMARTS) is 3. The number of halogens is 1. The molecule has 0 saturated heterocycles. The van der Waals surface area contributed by atoms with Gasteiger partial charge in [-0.15, -0.1) is 0 Å². The highest BCUT2D eigenvalue weighted by molar-refractivity contribution is 6.31. The molecule has 0 bridgehead atoms. The average Bonchev–Trinajstić information content (AvgIpc) is 3.30. The number of carbonyl (C=O) groups is 5. The second kappa shape index (κ2) is 13.1. The Hall–Kier alpha value is -4.76. The van der Waals surface area contributed by atoms with Crippen LogP contribution in [-0.4, -0.2) is 72.0 Å². The van der Waals surface area contributed by atoms with Crippen LogP contribution in [0, 0.1) is 5.92 Å². The van der Waals surface area contributed by atoms with Gasteiger partial charge >= 0.3 is 17.9 Å². The summed E-state index contributed by atoms with van der Waals surface area (Å²) in [6, 6.07) is 1.08. The molecule has 0 saturated carbocycles. The Bertz CT molecular complexity index is 1570. The molecule has 2 heterocycles. The minimum absolute atomic E-state index is 0.00389. The number of H-pyrrole nitrogens is 2. The van der Waals surface area contributed by atoms with Crippen molar-refractivity contribution in [2.24, 2.45) is 11.7 Å². The van der Waals surface area contributed by atoms with E-state index in [4.69, 9.17) is 33.3 Å². The van der Waals surface area contributed by atoms with Crippen LogP contribution in [0.5, 0.6) is 0 Å². The summed E-state index contributed by atoms with van der Waals surface area (Å²) in [6.07, 6.45) is 0.621. The van der Waals surface area contributed by atoms with Crippen molar-refractivity contribution in [3.8, 4) is 0 Å². The molecule has 1 amide bonds. The van der Waals surface area contributed by atoms with Crippen molar-refractivity contribution in [1.82, 2.24) is 20.3 Å². The fraction of sp³-hybridized carbons (Fsp3) is 0.320. The van der Waals surface area contributed by atoms with Gasteiger partial charge in [0.15, 0.2) is 5.78 Å². The third-order valence-electron chi connectivity index (χ3n) is 6.36. The summed E-state index contributed by atoms with van der Waals surface area (Å²) in [5, 5.41) is 30.4. The number of fused-ring (bicyclic) bond motifs is 1. The van der Waals surface area contributed by atoms with E-state index in [1.54, 1.807) is 12.3 Å². The molecule has 0 radical (unpaired) electrons. The summed E-state index contributed by atoms with van der Waals surface area (Å²) >= 11 is 6.39. The number of carboxylic acids is 3. The molecule has 0 aliphatic carbocycles. The van der Waals surface area contributed by atoms with E-state index < -0.39 is 72.4 Å². The Morgan fingerprint density at radius 3 is 2.34 bits per heavy atom. The second-order valence-corrected chi connectivity index (χ2v) is 9.63. The lowest BCUT2D eigenvalue weighted by molar-refractivity contribution is -0.148. The lowest BCUT2D eigenvalue weighted by Gasteiger charge is -2.22. The number of nitrogens with one attached hydrogen (secondary N) is 3. The van der Waals surface area contributed by atoms with Gasteiger partial charge in [0.2, 0.25) is 5.95 Å². The van der Waals surface area contributed by atoms with E-state index in [1.807, 2.05) is 0 Å². The number of aryl methyl sites for hydroxylation is 2. The molecule has 0 aliphatic rings. The number of hydrogen-bond donors (Lipinski definition) is 8. The SMILES string of the molecule is Nc1nc2[nH]cc(CCc3ccc(C(=O)N[C@@H](CCC(=O)O)C(=O)C(C[C@H](N)C(=O)O)C(=O)O)cc3Cl)c2c(=O)[nH]1. The van der Waals surface area contributed by atoms with Crippen LogP contribution in [0.15, 0.2) is 29.2 Å². The van der Waals surface area contributed by atoms with Crippen LogP contribution in [0.4, 0.5) is 5.95 Å². The predicted molar refractivity (Wildman–Crippen MR) is 144 cm³/mol. The van der Waals surface area contributed by atoms with Crippen LogP contribution in [0.1, 0.15) is 40.7 Å². The summed E-state index contributed by atoms with van der Waals surface area (Å²) in [5.41, 5.74) is 12.2. The van der Waals surface area contributed by atoms with Gasteiger partial charge in [-0.05, 0) is 48.9 Å². The summed E-state index contributed by atoms with van der Waals surface area (Å²) in [6.45, 7) is 0. The molecule has 3 rings (SSSR count). The van der Waals surface area contributed by atoms with Gasteiger partial charge in [0.1, 0.15) is 17.6 Å². The molecule has 0 aliphatic heterocycles. The molecular weight excluding hydrogens is 564 g/mol. The van der Waals surface area contributed by atoms with Gasteiger partial charge in [-0.1, -0.05) is 17.7 Å². The topological polar surface area (TPSA) is 272 Å². The first kappa shape index (κ1) is 30.8. The Labute approximate surface area is 235 Å². The summed E-state index contributed by atoms with van der Waals surface area (Å²) in [4.78, 5) is 81.4. The first-order valence-electron chi connectivity index (χ1n) is 12.2. The number of aromatic nitrogens is 3. The van der Waals surface area contributed by atoms with Gasteiger partial charge in [0.25, 0.3) is 11.5 Å². The zero-order valence-corrected chi connectivity index (χ0v) is 22.1. The highest BCUT2D eigenvalue weighted by atomic mass is 35.5. The monoisotopic (exact) mass is 590 g/mol. The standard InChI is InChI=1S/C25H27ClN6O9/c26-14-7-11(3-1-10(14)2-4-12-9-29-20-18(12)22(37)32-25(28)31-20)21(36)30-16(5-6-17(33)34)19(35)13(23(38)39)8-15(27)24(40)41/h1,3,7,9,13,15-16H,2,4-6,8,27H2,(H,30,36)(H,33,34)(H,38,39)(H,40,41)(H4,28,29,31,32,37)/t13?,15-,16-/m0/s1. The van der Waals surface area contributed by atoms with Crippen LogP contribution >= 0.6 is 11.6 Å². The first-order chi connectivity index (χ1) is 19.3. The number of hydrogen-bond acceptors (Lipinski definition) is 9. The number of aromatic amines is 2. The molecule has 0 spiro atoms. The second-order valence-electron chi connectivity index (χ2n) is 9.23. The van der Waals surface area contributed by atoms with E-state index in [9.17, 15) is 33.9 Å². The van der Waals surface area contributed by atoms with Crippen molar-refractivity contribution < 1.29 is 39.3 Å². The molecular formula is C25H27ClN6O9. The van der Waals surface area contributed by atoms with Gasteiger partial charge in [0, 0.05) is 23.2 Å². The summed E-state index contributed by atoms with van der Waals surface area (Å²) < 4.78 is 0. The quantitative estimate of drug-likeness (QED) is 0.118. The maximum Gasteiger partial charge on any atom is 0.320 e. The van der Waals surface area contributed by atoms with Gasteiger partial charge < -0.3 is 37.1 Å². The molecule has 41 heavy (non-hydrogen) atoms. The van der Waals surface area contributed by atoms with E-state index in [0.29, 0.717) is 35.0 Å². The lowest BCUT2D eigenvalue weighted by Crippen LogP contribution is -2.47. The van der Waals surface area contributed by atoms with Crippen LogP contribution in [0.25, 0.3) is 11.0 Å². The van der Waals surface area contributed by atoms with E-state index in [0.717, 1.165) is 0 Å². The number of anilines is 1. The van der Waals surface area contributed by atoms with Crippen LogP contribution < -0.4 is 22.3 Å². The molecule has 1 aromatic carbocycles. The van der Waals surface area contributed by atoms with Crippen molar-refractivity contribution in [2.45, 2.75) is 44.2 Å². The predicted octanol–water partition coefficient (Wildman–Crippen LogP) is 0.307. The normalized spacial score (nSPS) is 13.3. The molecule has 3 aromatic rings. The third kappa shape index (κ3) is 7.67. The van der Waals surface area contributed by atoms with E-state index in [2.05, 4.69) is 20.3 Å². The molecule has 218 valence electrons. The van der Waals surface area contributed by atoms with Gasteiger partial charge in [-0.25, -0.2) is 0 Å². The number of rotatable bonds is 14. The average molecular weight is 591 g/mol. The Morgan fingerprint density at radius 2 is 1.73 bits per heavy atom. The summed E-state index contributed by atoms with van der Waals surface area (Å²) in [7, 11) is 0. The van der Waals surface area contributed by atoms with Crippen molar-refractivity contribution in [1.29, 1.82) is 0 Å². The minimum Gasteiger partial charge on any atom is -0.481 e. The van der Waals surface area contributed by atoms with Gasteiger partial charge in [-0.3, -0.25) is 33.8 Å². The Balaban J connectivity index is 1.76. The number of aliphatic carboxylic acids is 3. The van der Waals surface area contributed by atoms with Crippen molar-refractivity contribution in [3.05, 3.63) is 56.5 Å². The summed E-state index contributed by atoms with van der Waals surface area (Å²) in [5.74, 6) is -8.32. The molecule has 10 N–H and O–H groups in total. The highest BCUT2D eigenvalue weighted by Gasteiger charge is 2.36. The van der Waals surface area contributed by atoms with E-state index in [1.165, 1.54) is 12.1 Å². The van der Waals surface area contributed by atoms with E-state index >= 15 is 0 Å². The zero-order valence-electron chi connectivity index (χ0n) is 21.3. The molecule has 1 unspecified atom stereocenters. The fourth-order valence-corrected chi connectivity index (χ4v) is 4.48. The zero-order chi connectivity index (χ0) is 30.4. The number of nitrogen functional groups attached to an aromatic ring is 1. The largest absolute Gasteiger partial charge is 0.481 e. The number of carbonyl (C=O) groups excluding carboxylic acids is 2. The number of nitrogens with two attached hydrogens (primary N) is 2. The lowest BCUT2D eigenvalue weighted by atomic mass is 9.89. The first-order valence-corrected chi connectivity index (χ1v) is 12.6. The molecule has 2 aromatic heterocycles. The van der Waals surface area contributed by atoms with Crippen LogP contribution in [0.3, 0.4) is 0 Å². The third-order valence-corrected chi connectivity index (χ3v) is 6.72. The number of nitrogens with zero attached hydrogens (tertiary/aromatic N) is 1. The highest BCUT2D eigenvalue weighted by Crippen LogP contribution is 2.22. The fourth-order valence-electron chi connectivity index (χ4n) is 4.21. The molecule has 3 atom stereocenters. The van der Waals surface area contributed by atoms with Gasteiger partial charge in [0.05, 0.1) is 11.4 Å². The molecule has 15 nitrogen and oxygen atoms in total. The Morgan fingerprint density at radius 1 is 1.05 bits per heavy atom. The van der Waals surface area contributed by atoms with Crippen molar-refractivity contribution >= 4 is 58.2 Å². The van der Waals surface area contributed by atoms with E-state index in [-0.39, 0.29) is 16.5 Å². The van der Waals surface area contributed by atoms with Crippen LogP contribution in [0.2, 0.25) is 5.02 Å². The number of benzene rings is 1. The number of Topliss-reactive ketones (excluding diaryl/α,β-unsaturated/α-hetero) is 1. The van der Waals surface area contributed by atoms with Crippen molar-refractivity contribution in [2.75, 3.05) is 5.73 Å². The smallest absolute Gasteiger partial charge is 0.320 e. The van der Waals surface area contributed by atoms with Gasteiger partial charge in [-0.2, -0.15) is 4.98 Å². The number of amides is 1. The minimum atomic E-state index is -1.89. The Kier molecular flexibility index (Phi) is 9.81. The maximum atomic E-state index is 13.0. The molecule has 16 heteroatoms. The number of ketones is 1. The maximum absolute atomic E-state index is 13.0. The van der Waals surface area contributed by atoms with Crippen LogP contribution in [-0.2, 0) is 32.0 Å².